The average molecular weight is 301 g/mol. The molecule has 0 saturated carbocycles. The van der Waals surface area contributed by atoms with Gasteiger partial charge in [-0.05, 0) is 6.07 Å². The largest absolute Gasteiger partial charge is 0.461 e. The molecule has 0 radical (unpaired) electrons. The van der Waals surface area contributed by atoms with Gasteiger partial charge in [0.25, 0.3) is 0 Å². The molecular formula is C12H19N3O4S. The van der Waals surface area contributed by atoms with Gasteiger partial charge in [0.2, 0.25) is 0 Å². The topological polar surface area (TPSA) is 88.7 Å². The summed E-state index contributed by atoms with van der Waals surface area (Å²) in [6.07, 6.45) is 1.54. The standard InChI is InChI=1S/C12H19N3O4S/c1-16-4-5-17-6-7-18-8-9-19-12-14-3-2-10(15-12)11(13)20/h2-3H,4-9H2,1H3,(H2,13,20). The predicted octanol–water partition coefficient (Wildman–Crippen LogP) is 0.169. The minimum absolute atomic E-state index is 0.210. The van der Waals surface area contributed by atoms with Crippen molar-refractivity contribution in [2.45, 2.75) is 0 Å². The molecule has 1 rings (SSSR count). The Morgan fingerprint density at radius 1 is 1.15 bits per heavy atom. The summed E-state index contributed by atoms with van der Waals surface area (Å²) in [5.74, 6) is 0. The minimum Gasteiger partial charge on any atom is -0.461 e. The molecule has 1 aromatic rings. The Labute approximate surface area is 123 Å². The molecule has 7 nitrogen and oxygen atoms in total. The lowest BCUT2D eigenvalue weighted by Crippen LogP contribution is -2.15. The van der Waals surface area contributed by atoms with Gasteiger partial charge in [0.15, 0.2) is 0 Å². The zero-order valence-corrected chi connectivity index (χ0v) is 12.2. The van der Waals surface area contributed by atoms with Gasteiger partial charge in [0, 0.05) is 13.3 Å². The van der Waals surface area contributed by atoms with Crippen molar-refractivity contribution in [3.05, 3.63) is 18.0 Å². The van der Waals surface area contributed by atoms with Gasteiger partial charge in [-0.2, -0.15) is 4.98 Å². The smallest absolute Gasteiger partial charge is 0.317 e. The Bertz CT molecular complexity index is 406. The zero-order chi connectivity index (χ0) is 14.6. The quantitative estimate of drug-likeness (QED) is 0.457. The minimum atomic E-state index is 0.210. The van der Waals surface area contributed by atoms with Gasteiger partial charge in [-0.3, -0.25) is 0 Å². The lowest BCUT2D eigenvalue weighted by molar-refractivity contribution is 0.0173. The summed E-state index contributed by atoms with van der Waals surface area (Å²) >= 11 is 4.82. The van der Waals surface area contributed by atoms with Crippen molar-refractivity contribution in [1.82, 2.24) is 9.97 Å². The lowest BCUT2D eigenvalue weighted by atomic mass is 10.4. The van der Waals surface area contributed by atoms with E-state index < -0.39 is 0 Å². The Hall–Kier alpha value is -1.35. The van der Waals surface area contributed by atoms with Crippen LogP contribution in [0.1, 0.15) is 5.69 Å². The highest BCUT2D eigenvalue weighted by Crippen LogP contribution is 2.02. The van der Waals surface area contributed by atoms with Crippen LogP contribution in [0.2, 0.25) is 0 Å². The number of hydrogen-bond acceptors (Lipinski definition) is 7. The van der Waals surface area contributed by atoms with E-state index in [4.69, 9.17) is 36.9 Å². The van der Waals surface area contributed by atoms with Gasteiger partial charge in [0.1, 0.15) is 17.3 Å². The first kappa shape index (κ1) is 16.7. The fourth-order valence-electron chi connectivity index (χ4n) is 1.20. The van der Waals surface area contributed by atoms with Crippen LogP contribution in [-0.2, 0) is 14.2 Å². The van der Waals surface area contributed by atoms with E-state index in [1.165, 1.54) is 0 Å². The molecule has 0 fully saturated rings. The maximum Gasteiger partial charge on any atom is 0.317 e. The number of methoxy groups -OCH3 is 1. The monoisotopic (exact) mass is 301 g/mol. The van der Waals surface area contributed by atoms with Crippen LogP contribution in [0.25, 0.3) is 0 Å². The van der Waals surface area contributed by atoms with Crippen molar-refractivity contribution in [3.63, 3.8) is 0 Å². The van der Waals surface area contributed by atoms with Crippen LogP contribution < -0.4 is 10.5 Å². The summed E-state index contributed by atoms with van der Waals surface area (Å²) in [5.41, 5.74) is 5.95. The molecule has 0 amide bonds. The van der Waals surface area contributed by atoms with Crippen LogP contribution in [0.4, 0.5) is 0 Å². The molecule has 0 aliphatic carbocycles. The highest BCUT2D eigenvalue weighted by Gasteiger charge is 2.02. The molecule has 2 N–H and O–H groups in total. The van der Waals surface area contributed by atoms with Crippen LogP contribution in [0.15, 0.2) is 12.3 Å². The number of hydrogen-bond donors (Lipinski definition) is 1. The Balaban J connectivity index is 2.06. The molecule has 0 aromatic carbocycles. The maximum atomic E-state index is 5.47. The average Bonchev–Trinajstić information content (AvgIpc) is 2.46. The molecule has 112 valence electrons. The van der Waals surface area contributed by atoms with Crippen molar-refractivity contribution in [2.75, 3.05) is 46.8 Å². The summed E-state index contributed by atoms with van der Waals surface area (Å²) < 4.78 is 20.7. The molecule has 1 aromatic heterocycles. The molecule has 0 unspecified atom stereocenters. The van der Waals surface area contributed by atoms with Crippen LogP contribution >= 0.6 is 12.2 Å². The van der Waals surface area contributed by atoms with Crippen LogP contribution in [0.3, 0.4) is 0 Å². The van der Waals surface area contributed by atoms with Crippen molar-refractivity contribution in [1.29, 1.82) is 0 Å². The SMILES string of the molecule is COCCOCCOCCOc1nccc(C(N)=S)n1. The first-order valence-corrected chi connectivity index (χ1v) is 6.55. The van der Waals surface area contributed by atoms with Crippen molar-refractivity contribution >= 4 is 17.2 Å². The van der Waals surface area contributed by atoms with Crippen molar-refractivity contribution in [3.8, 4) is 6.01 Å². The van der Waals surface area contributed by atoms with Crippen molar-refractivity contribution < 1.29 is 18.9 Å². The maximum absolute atomic E-state index is 5.47. The highest BCUT2D eigenvalue weighted by molar-refractivity contribution is 7.80. The Kier molecular flexibility index (Phi) is 8.72. The van der Waals surface area contributed by atoms with E-state index in [0.29, 0.717) is 45.3 Å². The number of thiocarbonyl (C=S) groups is 1. The number of aromatic nitrogens is 2. The fourth-order valence-corrected chi connectivity index (χ4v) is 1.32. The molecule has 0 saturated heterocycles. The number of rotatable bonds is 11. The third-order valence-corrected chi connectivity index (χ3v) is 2.36. The fraction of sp³-hybridized carbons (Fsp3) is 0.583. The van der Waals surface area contributed by atoms with E-state index in [-0.39, 0.29) is 11.0 Å². The molecule has 0 spiro atoms. The highest BCUT2D eigenvalue weighted by atomic mass is 32.1. The summed E-state index contributed by atoms with van der Waals surface area (Å²) in [4.78, 5) is 8.20. The van der Waals surface area contributed by atoms with Gasteiger partial charge < -0.3 is 24.7 Å². The van der Waals surface area contributed by atoms with E-state index in [0.717, 1.165) is 0 Å². The summed E-state index contributed by atoms with van der Waals surface area (Å²) in [7, 11) is 1.63. The van der Waals surface area contributed by atoms with E-state index in [2.05, 4.69) is 9.97 Å². The second-order valence-corrected chi connectivity index (χ2v) is 4.09. The predicted molar refractivity (Wildman–Crippen MR) is 76.9 cm³/mol. The van der Waals surface area contributed by atoms with Gasteiger partial charge >= 0.3 is 6.01 Å². The lowest BCUT2D eigenvalue weighted by Gasteiger charge is -2.07. The number of nitrogens with two attached hydrogens (primary N) is 1. The molecule has 0 aliphatic heterocycles. The van der Waals surface area contributed by atoms with Gasteiger partial charge in [0.05, 0.1) is 33.0 Å². The molecule has 0 atom stereocenters. The van der Waals surface area contributed by atoms with E-state index in [1.54, 1.807) is 19.4 Å². The third-order valence-electron chi connectivity index (χ3n) is 2.15. The normalized spacial score (nSPS) is 10.4. The zero-order valence-electron chi connectivity index (χ0n) is 11.4. The van der Waals surface area contributed by atoms with Crippen LogP contribution in [0, 0.1) is 0 Å². The van der Waals surface area contributed by atoms with Gasteiger partial charge in [-0.25, -0.2) is 4.98 Å². The van der Waals surface area contributed by atoms with E-state index in [1.807, 2.05) is 0 Å². The molecular weight excluding hydrogens is 282 g/mol. The van der Waals surface area contributed by atoms with E-state index >= 15 is 0 Å². The Morgan fingerprint density at radius 3 is 2.45 bits per heavy atom. The van der Waals surface area contributed by atoms with Gasteiger partial charge in [-0.15, -0.1) is 0 Å². The summed E-state index contributed by atoms with van der Waals surface area (Å²) in [5, 5.41) is 0. The number of ether oxygens (including phenoxy) is 4. The second-order valence-electron chi connectivity index (χ2n) is 3.65. The van der Waals surface area contributed by atoms with E-state index in [9.17, 15) is 0 Å². The first-order valence-electron chi connectivity index (χ1n) is 6.14. The molecule has 20 heavy (non-hydrogen) atoms. The van der Waals surface area contributed by atoms with Crippen LogP contribution in [0.5, 0.6) is 6.01 Å². The molecule has 0 aliphatic rings. The Morgan fingerprint density at radius 2 is 1.80 bits per heavy atom. The first-order chi connectivity index (χ1) is 9.74. The number of nitrogens with zero attached hydrogens (tertiary/aromatic N) is 2. The molecule has 0 bridgehead atoms. The van der Waals surface area contributed by atoms with Crippen LogP contribution in [-0.4, -0.2) is 61.7 Å². The second kappa shape index (κ2) is 10.4. The molecule has 8 heteroatoms. The summed E-state index contributed by atoms with van der Waals surface area (Å²) in [6, 6.07) is 1.86. The van der Waals surface area contributed by atoms with Crippen molar-refractivity contribution in [2.24, 2.45) is 5.73 Å². The molecule has 1 heterocycles. The third kappa shape index (κ3) is 7.29. The summed E-state index contributed by atoms with van der Waals surface area (Å²) in [6.45, 7) is 2.95. The van der Waals surface area contributed by atoms with Gasteiger partial charge in [-0.1, -0.05) is 12.2 Å².